The van der Waals surface area contributed by atoms with Crippen molar-refractivity contribution in [2.45, 2.75) is 39.7 Å². The van der Waals surface area contributed by atoms with Gasteiger partial charge in [0.15, 0.2) is 0 Å². The lowest BCUT2D eigenvalue weighted by Gasteiger charge is -2.10. The van der Waals surface area contributed by atoms with Gasteiger partial charge in [-0.3, -0.25) is 4.79 Å². The first-order valence-electron chi connectivity index (χ1n) is 5.17. The zero-order chi connectivity index (χ0) is 12.3. The molecule has 0 bridgehead atoms. The molecule has 0 aliphatic carbocycles. The molecule has 1 aromatic rings. The largest absolute Gasteiger partial charge is 0.322 e. The van der Waals surface area contributed by atoms with Gasteiger partial charge in [0, 0.05) is 11.3 Å². The zero-order valence-corrected chi connectivity index (χ0v) is 10.5. The van der Waals surface area contributed by atoms with E-state index >= 15 is 0 Å². The number of nitrogens with two attached hydrogens (primary N) is 1. The summed E-state index contributed by atoms with van der Waals surface area (Å²) in [6.07, 6.45) is 1.23. The van der Waals surface area contributed by atoms with Crippen molar-refractivity contribution in [2.75, 3.05) is 0 Å². The molecule has 2 N–H and O–H groups in total. The fourth-order valence-corrected chi connectivity index (χ4v) is 1.62. The monoisotopic (exact) mass is 241 g/mol. The van der Waals surface area contributed by atoms with Gasteiger partial charge in [-0.05, 0) is 33.6 Å². The highest BCUT2D eigenvalue weighted by atomic mass is 35.5. The number of hydrogen-bond donors (Lipinski definition) is 1. The van der Waals surface area contributed by atoms with Crippen molar-refractivity contribution in [1.29, 1.82) is 0 Å². The third kappa shape index (κ3) is 3.25. The number of nitrogens with zero attached hydrogens (tertiary/aromatic N) is 2. The number of halogens is 1. The number of hydrogen-bond acceptors (Lipinski definition) is 4. The van der Waals surface area contributed by atoms with Crippen LogP contribution < -0.4 is 5.73 Å². The van der Waals surface area contributed by atoms with Gasteiger partial charge in [-0.2, -0.15) is 0 Å². The van der Waals surface area contributed by atoms with Crippen molar-refractivity contribution < 1.29 is 4.79 Å². The fraction of sp³-hybridized carbons (Fsp3) is 0.545. The number of carbonyl (C=O) groups excluding carboxylic acids is 1. The molecule has 0 saturated heterocycles. The molecule has 1 heterocycles. The lowest BCUT2D eigenvalue weighted by atomic mass is 10.1. The van der Waals surface area contributed by atoms with Crippen LogP contribution in [0.15, 0.2) is 0 Å². The number of aryl methyl sites for hydroxylation is 2. The summed E-state index contributed by atoms with van der Waals surface area (Å²) in [5, 5.41) is 0.471. The molecule has 0 fully saturated rings. The molecule has 1 atom stereocenters. The van der Waals surface area contributed by atoms with Gasteiger partial charge >= 0.3 is 0 Å². The highest BCUT2D eigenvalue weighted by Crippen LogP contribution is 2.17. The quantitative estimate of drug-likeness (QED) is 0.813. The highest BCUT2D eigenvalue weighted by Gasteiger charge is 2.12. The Morgan fingerprint density at radius 3 is 2.62 bits per heavy atom. The molecule has 0 saturated carbocycles. The van der Waals surface area contributed by atoms with Crippen LogP contribution in [-0.2, 0) is 11.2 Å². The molecular weight excluding hydrogens is 226 g/mol. The molecule has 1 aromatic heterocycles. The Balaban J connectivity index is 2.78. The van der Waals surface area contributed by atoms with Gasteiger partial charge in [-0.15, -0.1) is 0 Å². The van der Waals surface area contributed by atoms with Crippen LogP contribution in [0.4, 0.5) is 0 Å². The molecule has 16 heavy (non-hydrogen) atoms. The summed E-state index contributed by atoms with van der Waals surface area (Å²) in [5.74, 6) is 0.636. The predicted octanol–water partition coefficient (Wildman–Crippen LogP) is 1.60. The van der Waals surface area contributed by atoms with Crippen molar-refractivity contribution in [3.63, 3.8) is 0 Å². The SMILES string of the molecule is CC(=O)[C@@H](N)CCc1nc(C)nc(Cl)c1C. The third-order valence-corrected chi connectivity index (χ3v) is 2.88. The molecule has 0 aliphatic rings. The van der Waals surface area contributed by atoms with E-state index in [-0.39, 0.29) is 5.78 Å². The Bertz CT molecular complexity index is 406. The Morgan fingerprint density at radius 1 is 1.44 bits per heavy atom. The number of aromatic nitrogens is 2. The van der Waals surface area contributed by atoms with Gasteiger partial charge < -0.3 is 5.73 Å². The lowest BCUT2D eigenvalue weighted by molar-refractivity contribution is -0.118. The van der Waals surface area contributed by atoms with Crippen molar-refractivity contribution in [3.8, 4) is 0 Å². The topological polar surface area (TPSA) is 68.9 Å². The van der Waals surface area contributed by atoms with Crippen molar-refractivity contribution in [1.82, 2.24) is 9.97 Å². The van der Waals surface area contributed by atoms with Gasteiger partial charge in [-0.1, -0.05) is 11.6 Å². The van der Waals surface area contributed by atoms with Crippen LogP contribution in [0.25, 0.3) is 0 Å². The van der Waals surface area contributed by atoms with Gasteiger partial charge in [0.05, 0.1) is 6.04 Å². The van der Waals surface area contributed by atoms with E-state index < -0.39 is 6.04 Å². The Morgan fingerprint density at radius 2 is 2.06 bits per heavy atom. The second-order valence-corrected chi connectivity index (χ2v) is 4.25. The van der Waals surface area contributed by atoms with Crippen LogP contribution in [0.3, 0.4) is 0 Å². The normalized spacial score (nSPS) is 12.6. The summed E-state index contributed by atoms with van der Waals surface area (Å²) < 4.78 is 0. The Hall–Kier alpha value is -1.00. The van der Waals surface area contributed by atoms with Crippen molar-refractivity contribution >= 4 is 17.4 Å². The number of ketones is 1. The first kappa shape index (κ1) is 13.1. The van der Waals surface area contributed by atoms with Gasteiger partial charge in [0.25, 0.3) is 0 Å². The van der Waals surface area contributed by atoms with Crippen molar-refractivity contribution in [2.24, 2.45) is 5.73 Å². The minimum atomic E-state index is -0.423. The van der Waals surface area contributed by atoms with Gasteiger partial charge in [0.2, 0.25) is 0 Å². The van der Waals surface area contributed by atoms with E-state index in [0.717, 1.165) is 11.3 Å². The molecule has 0 unspecified atom stereocenters. The molecule has 4 nitrogen and oxygen atoms in total. The predicted molar refractivity (Wildman–Crippen MR) is 63.5 cm³/mol. The Kier molecular flexibility index (Phi) is 4.38. The number of Topliss-reactive ketones (excluding diaryl/α,β-unsaturated/α-hetero) is 1. The maximum atomic E-state index is 11.0. The summed E-state index contributed by atoms with van der Waals surface area (Å²) in [4.78, 5) is 19.4. The van der Waals surface area contributed by atoms with Crippen LogP contribution in [-0.4, -0.2) is 21.8 Å². The van der Waals surface area contributed by atoms with E-state index in [9.17, 15) is 4.79 Å². The van der Waals surface area contributed by atoms with Crippen LogP contribution in [0.5, 0.6) is 0 Å². The summed E-state index contributed by atoms with van der Waals surface area (Å²) >= 11 is 5.95. The van der Waals surface area contributed by atoms with Crippen LogP contribution in [0, 0.1) is 13.8 Å². The molecule has 1 rings (SSSR count). The second-order valence-electron chi connectivity index (χ2n) is 3.89. The smallest absolute Gasteiger partial charge is 0.146 e. The molecule has 0 amide bonds. The lowest BCUT2D eigenvalue weighted by Crippen LogP contribution is -2.28. The van der Waals surface area contributed by atoms with Crippen LogP contribution >= 0.6 is 11.6 Å². The molecule has 0 aliphatic heterocycles. The maximum absolute atomic E-state index is 11.0. The standard InChI is InChI=1S/C11H16ClN3O/c1-6-10(5-4-9(13)7(2)16)14-8(3)15-11(6)12/h9H,4-5,13H2,1-3H3/t9-/m0/s1. The van der Waals surface area contributed by atoms with E-state index in [4.69, 9.17) is 17.3 Å². The summed E-state index contributed by atoms with van der Waals surface area (Å²) in [7, 11) is 0. The van der Waals surface area contributed by atoms with E-state index in [0.29, 0.717) is 23.8 Å². The van der Waals surface area contributed by atoms with E-state index in [2.05, 4.69) is 9.97 Å². The first-order valence-corrected chi connectivity index (χ1v) is 5.55. The van der Waals surface area contributed by atoms with E-state index in [1.54, 1.807) is 6.92 Å². The maximum Gasteiger partial charge on any atom is 0.146 e. The van der Waals surface area contributed by atoms with Crippen LogP contribution in [0.1, 0.15) is 30.4 Å². The molecule has 0 spiro atoms. The first-order chi connectivity index (χ1) is 7.41. The summed E-state index contributed by atoms with van der Waals surface area (Å²) in [6.45, 7) is 5.16. The third-order valence-electron chi connectivity index (χ3n) is 2.51. The summed E-state index contributed by atoms with van der Waals surface area (Å²) in [6, 6.07) is -0.423. The highest BCUT2D eigenvalue weighted by molar-refractivity contribution is 6.30. The van der Waals surface area contributed by atoms with Crippen molar-refractivity contribution in [3.05, 3.63) is 22.2 Å². The summed E-state index contributed by atoms with van der Waals surface area (Å²) in [5.41, 5.74) is 7.40. The molecule has 0 aromatic carbocycles. The number of rotatable bonds is 4. The molecule has 0 radical (unpaired) electrons. The minimum Gasteiger partial charge on any atom is -0.322 e. The van der Waals surface area contributed by atoms with Crippen LogP contribution in [0.2, 0.25) is 5.15 Å². The average molecular weight is 242 g/mol. The second kappa shape index (κ2) is 5.37. The van der Waals surface area contributed by atoms with E-state index in [1.165, 1.54) is 6.92 Å². The zero-order valence-electron chi connectivity index (χ0n) is 9.75. The van der Waals surface area contributed by atoms with Gasteiger partial charge in [0.1, 0.15) is 16.8 Å². The molecule has 88 valence electrons. The Labute approximate surface area is 100 Å². The average Bonchev–Trinajstić information content (AvgIpc) is 2.20. The van der Waals surface area contributed by atoms with Gasteiger partial charge in [-0.25, -0.2) is 9.97 Å². The number of carbonyl (C=O) groups is 1. The molecule has 5 heteroatoms. The molecular formula is C11H16ClN3O. The fourth-order valence-electron chi connectivity index (χ4n) is 1.39. The van der Waals surface area contributed by atoms with E-state index in [1.807, 2.05) is 6.92 Å². The minimum absolute atomic E-state index is 0.00507.